The van der Waals surface area contributed by atoms with Gasteiger partial charge in [0.15, 0.2) is 0 Å². The number of carbonyl (C=O) groups is 1. The van der Waals surface area contributed by atoms with E-state index in [1.54, 1.807) is 7.11 Å². The molecule has 1 aliphatic rings. The minimum absolute atomic E-state index is 0.139. The molecular formula is C7H13NO3. The normalized spacial score (nSPS) is 25.7. The first-order valence-corrected chi connectivity index (χ1v) is 3.69. The van der Waals surface area contributed by atoms with Crippen LogP contribution < -0.4 is 0 Å². The third-order valence-electron chi connectivity index (χ3n) is 1.92. The molecule has 0 aromatic heterocycles. The van der Waals surface area contributed by atoms with Crippen molar-refractivity contribution in [3.63, 3.8) is 0 Å². The molecule has 1 unspecified atom stereocenters. The highest BCUT2D eigenvalue weighted by molar-refractivity contribution is 5.69. The van der Waals surface area contributed by atoms with Crippen molar-refractivity contribution >= 4 is 5.97 Å². The molecule has 11 heavy (non-hydrogen) atoms. The zero-order valence-corrected chi connectivity index (χ0v) is 6.62. The predicted molar refractivity (Wildman–Crippen MR) is 39.5 cm³/mol. The number of rotatable bonds is 3. The van der Waals surface area contributed by atoms with E-state index in [9.17, 15) is 4.79 Å². The van der Waals surface area contributed by atoms with E-state index in [4.69, 9.17) is 9.84 Å². The van der Waals surface area contributed by atoms with Gasteiger partial charge in [0.05, 0.1) is 12.6 Å². The molecule has 1 fully saturated rings. The first-order valence-electron chi connectivity index (χ1n) is 3.69. The first kappa shape index (κ1) is 8.49. The number of aliphatic carboxylic acids is 1. The average Bonchev–Trinajstić information content (AvgIpc) is 2.34. The maximum atomic E-state index is 10.3. The lowest BCUT2D eigenvalue weighted by molar-refractivity contribution is -0.138. The van der Waals surface area contributed by atoms with Crippen molar-refractivity contribution in [1.82, 2.24) is 4.90 Å². The molecule has 0 aromatic rings. The standard InChI is InChI=1S/C7H13NO3/c1-11-6-2-3-8(4-6)5-7(9)10/h6H,2-5H2,1H3,(H,9,10). The summed E-state index contributed by atoms with van der Waals surface area (Å²) >= 11 is 0. The number of hydrogen-bond acceptors (Lipinski definition) is 3. The van der Waals surface area contributed by atoms with Gasteiger partial charge in [0.1, 0.15) is 0 Å². The summed E-state index contributed by atoms with van der Waals surface area (Å²) in [5.74, 6) is -0.762. The molecule has 0 spiro atoms. The lowest BCUT2D eigenvalue weighted by atomic mass is 10.3. The van der Waals surface area contributed by atoms with E-state index in [-0.39, 0.29) is 12.6 Å². The largest absolute Gasteiger partial charge is 0.480 e. The highest BCUT2D eigenvalue weighted by atomic mass is 16.5. The molecule has 64 valence electrons. The number of likely N-dealkylation sites (tertiary alicyclic amines) is 1. The van der Waals surface area contributed by atoms with Crippen molar-refractivity contribution in [2.24, 2.45) is 0 Å². The lowest BCUT2D eigenvalue weighted by Crippen LogP contribution is -2.28. The third-order valence-corrected chi connectivity index (χ3v) is 1.92. The van der Waals surface area contributed by atoms with Crippen LogP contribution in [0.25, 0.3) is 0 Å². The van der Waals surface area contributed by atoms with E-state index in [2.05, 4.69) is 0 Å². The fourth-order valence-electron chi connectivity index (χ4n) is 1.32. The van der Waals surface area contributed by atoms with Gasteiger partial charge in [-0.2, -0.15) is 0 Å². The van der Waals surface area contributed by atoms with Crippen LogP contribution in [-0.2, 0) is 9.53 Å². The van der Waals surface area contributed by atoms with Crippen molar-refractivity contribution in [3.8, 4) is 0 Å². The van der Waals surface area contributed by atoms with Crippen LogP contribution in [0.5, 0.6) is 0 Å². The topological polar surface area (TPSA) is 49.8 Å². The van der Waals surface area contributed by atoms with Crippen molar-refractivity contribution in [3.05, 3.63) is 0 Å². The monoisotopic (exact) mass is 159 g/mol. The number of ether oxygens (including phenoxy) is 1. The minimum atomic E-state index is -0.762. The summed E-state index contributed by atoms with van der Waals surface area (Å²) in [7, 11) is 1.66. The van der Waals surface area contributed by atoms with Crippen LogP contribution in [0.1, 0.15) is 6.42 Å². The quantitative estimate of drug-likeness (QED) is 0.619. The molecule has 1 heterocycles. The second kappa shape index (κ2) is 3.69. The Balaban J connectivity index is 2.24. The summed E-state index contributed by atoms with van der Waals surface area (Å²) < 4.78 is 5.09. The maximum Gasteiger partial charge on any atom is 0.317 e. The van der Waals surface area contributed by atoms with Gasteiger partial charge in [-0.05, 0) is 6.42 Å². The van der Waals surface area contributed by atoms with E-state index in [0.717, 1.165) is 19.5 Å². The minimum Gasteiger partial charge on any atom is -0.480 e. The molecule has 1 rings (SSSR count). The SMILES string of the molecule is COC1CCN(CC(=O)O)C1. The van der Waals surface area contributed by atoms with Crippen LogP contribution >= 0.6 is 0 Å². The lowest BCUT2D eigenvalue weighted by Gasteiger charge is -2.11. The Morgan fingerprint density at radius 1 is 1.82 bits per heavy atom. The third kappa shape index (κ3) is 2.48. The molecule has 0 bridgehead atoms. The van der Waals surface area contributed by atoms with Crippen molar-refractivity contribution in [2.45, 2.75) is 12.5 Å². The second-order valence-corrected chi connectivity index (χ2v) is 2.78. The van der Waals surface area contributed by atoms with Gasteiger partial charge < -0.3 is 9.84 Å². The summed E-state index contributed by atoms with van der Waals surface area (Å²) in [5.41, 5.74) is 0. The summed E-state index contributed by atoms with van der Waals surface area (Å²) in [6.45, 7) is 1.73. The highest BCUT2D eigenvalue weighted by Crippen LogP contribution is 2.10. The Bertz CT molecular complexity index is 149. The first-order chi connectivity index (χ1) is 5.22. The molecule has 1 aliphatic heterocycles. The summed E-state index contributed by atoms with van der Waals surface area (Å²) in [4.78, 5) is 12.2. The molecular weight excluding hydrogens is 146 g/mol. The number of carboxylic acids is 1. The average molecular weight is 159 g/mol. The zero-order chi connectivity index (χ0) is 8.27. The van der Waals surface area contributed by atoms with E-state index in [1.807, 2.05) is 4.90 Å². The Labute approximate surface area is 65.8 Å². The van der Waals surface area contributed by atoms with Crippen molar-refractivity contribution < 1.29 is 14.6 Å². The molecule has 1 saturated heterocycles. The van der Waals surface area contributed by atoms with Gasteiger partial charge >= 0.3 is 5.97 Å². The summed E-state index contributed by atoms with van der Waals surface area (Å²) in [6.07, 6.45) is 1.18. The van der Waals surface area contributed by atoms with E-state index in [0.29, 0.717) is 0 Å². The molecule has 0 saturated carbocycles. The van der Waals surface area contributed by atoms with E-state index >= 15 is 0 Å². The number of nitrogens with zero attached hydrogens (tertiary/aromatic N) is 1. The molecule has 1 N–H and O–H groups in total. The van der Waals surface area contributed by atoms with Crippen LogP contribution in [0.4, 0.5) is 0 Å². The van der Waals surface area contributed by atoms with Gasteiger partial charge in [-0.25, -0.2) is 0 Å². The molecule has 0 amide bonds. The number of hydrogen-bond donors (Lipinski definition) is 1. The van der Waals surface area contributed by atoms with Gasteiger partial charge in [-0.15, -0.1) is 0 Å². The Kier molecular flexibility index (Phi) is 2.84. The Hall–Kier alpha value is -0.610. The molecule has 0 radical (unpaired) electrons. The van der Waals surface area contributed by atoms with E-state index < -0.39 is 5.97 Å². The van der Waals surface area contributed by atoms with Crippen molar-refractivity contribution in [1.29, 1.82) is 0 Å². The van der Waals surface area contributed by atoms with Crippen LogP contribution in [0.15, 0.2) is 0 Å². The summed E-state index contributed by atoms with van der Waals surface area (Å²) in [6, 6.07) is 0. The fraction of sp³-hybridized carbons (Fsp3) is 0.857. The van der Waals surface area contributed by atoms with Crippen LogP contribution in [-0.4, -0.2) is 48.8 Å². The molecule has 1 atom stereocenters. The number of carboxylic acid groups (broad SMARTS) is 1. The molecule has 4 nitrogen and oxygen atoms in total. The molecule has 0 aromatic carbocycles. The van der Waals surface area contributed by atoms with Crippen molar-refractivity contribution in [2.75, 3.05) is 26.7 Å². The smallest absolute Gasteiger partial charge is 0.317 e. The second-order valence-electron chi connectivity index (χ2n) is 2.78. The van der Waals surface area contributed by atoms with Gasteiger partial charge in [-0.3, -0.25) is 9.69 Å². The fourth-order valence-corrected chi connectivity index (χ4v) is 1.32. The Morgan fingerprint density at radius 2 is 2.55 bits per heavy atom. The van der Waals surface area contributed by atoms with E-state index in [1.165, 1.54) is 0 Å². The molecule has 4 heteroatoms. The van der Waals surface area contributed by atoms with Gasteiger partial charge in [-0.1, -0.05) is 0 Å². The van der Waals surface area contributed by atoms with Gasteiger partial charge in [0.2, 0.25) is 0 Å². The number of methoxy groups -OCH3 is 1. The van der Waals surface area contributed by atoms with Gasteiger partial charge in [0.25, 0.3) is 0 Å². The Morgan fingerprint density at radius 3 is 3.00 bits per heavy atom. The maximum absolute atomic E-state index is 10.3. The zero-order valence-electron chi connectivity index (χ0n) is 6.62. The van der Waals surface area contributed by atoms with Crippen LogP contribution in [0.2, 0.25) is 0 Å². The highest BCUT2D eigenvalue weighted by Gasteiger charge is 2.22. The van der Waals surface area contributed by atoms with Crippen LogP contribution in [0, 0.1) is 0 Å². The van der Waals surface area contributed by atoms with Gasteiger partial charge in [0, 0.05) is 20.2 Å². The van der Waals surface area contributed by atoms with Crippen LogP contribution in [0.3, 0.4) is 0 Å². The predicted octanol–water partition coefficient (Wildman–Crippen LogP) is -0.208. The molecule has 0 aliphatic carbocycles. The summed E-state index contributed by atoms with van der Waals surface area (Å²) in [5, 5.41) is 8.45.